The number of non-ortho nitro benzene ring substituents is 1. The zero-order chi connectivity index (χ0) is 16.4. The summed E-state index contributed by atoms with van der Waals surface area (Å²) < 4.78 is 5.33. The number of nitro benzene ring substituents is 2. The summed E-state index contributed by atoms with van der Waals surface area (Å²) in [5.41, 5.74) is -0.984. The fourth-order valence-electron chi connectivity index (χ4n) is 1.57. The van der Waals surface area contributed by atoms with Crippen molar-refractivity contribution < 1.29 is 14.6 Å². The monoisotopic (exact) mass is 362 g/mol. The zero-order valence-electron chi connectivity index (χ0n) is 10.5. The van der Waals surface area contributed by atoms with Crippen LogP contribution in [0.2, 0.25) is 15.1 Å². The molecule has 2 rings (SSSR count). The first-order valence-corrected chi connectivity index (χ1v) is 6.68. The van der Waals surface area contributed by atoms with Gasteiger partial charge in [-0.15, -0.1) is 0 Å². The van der Waals surface area contributed by atoms with Crippen LogP contribution in [0, 0.1) is 20.2 Å². The van der Waals surface area contributed by atoms with E-state index in [1.807, 2.05) is 0 Å². The van der Waals surface area contributed by atoms with Crippen molar-refractivity contribution in [3.63, 3.8) is 0 Å². The molecule has 114 valence electrons. The van der Waals surface area contributed by atoms with E-state index >= 15 is 0 Å². The molecule has 0 spiro atoms. The number of hydrogen-bond donors (Lipinski definition) is 0. The first kappa shape index (κ1) is 16.3. The van der Waals surface area contributed by atoms with Gasteiger partial charge in [-0.3, -0.25) is 20.2 Å². The van der Waals surface area contributed by atoms with Gasteiger partial charge in [-0.1, -0.05) is 34.8 Å². The van der Waals surface area contributed by atoms with Crippen molar-refractivity contribution >= 4 is 46.2 Å². The number of hydrogen-bond acceptors (Lipinski definition) is 5. The number of nitro groups is 2. The van der Waals surface area contributed by atoms with Gasteiger partial charge in [0.25, 0.3) is 5.69 Å². The largest absolute Gasteiger partial charge is 0.450 e. The Labute approximate surface area is 138 Å². The van der Waals surface area contributed by atoms with Crippen LogP contribution < -0.4 is 4.74 Å². The highest BCUT2D eigenvalue weighted by Crippen LogP contribution is 2.39. The van der Waals surface area contributed by atoms with Crippen LogP contribution in [0.15, 0.2) is 30.3 Å². The molecule has 0 unspecified atom stereocenters. The van der Waals surface area contributed by atoms with Crippen molar-refractivity contribution in [1.29, 1.82) is 0 Å². The van der Waals surface area contributed by atoms with Gasteiger partial charge in [-0.2, -0.15) is 0 Å². The van der Waals surface area contributed by atoms with Gasteiger partial charge in [0.05, 0.1) is 31.0 Å². The van der Waals surface area contributed by atoms with E-state index in [2.05, 4.69) is 0 Å². The average molecular weight is 364 g/mol. The Morgan fingerprint density at radius 3 is 2.00 bits per heavy atom. The normalized spacial score (nSPS) is 10.3. The quantitative estimate of drug-likeness (QED) is 0.419. The van der Waals surface area contributed by atoms with Gasteiger partial charge in [0.2, 0.25) is 5.75 Å². The van der Waals surface area contributed by atoms with Crippen LogP contribution in [-0.2, 0) is 0 Å². The number of nitrogens with zero attached hydrogens (tertiary/aromatic N) is 2. The summed E-state index contributed by atoms with van der Waals surface area (Å²) >= 11 is 17.5. The molecule has 0 aliphatic heterocycles. The molecule has 7 nitrogen and oxygen atoms in total. The lowest BCUT2D eigenvalue weighted by Crippen LogP contribution is -1.96. The van der Waals surface area contributed by atoms with Gasteiger partial charge in [-0.25, -0.2) is 0 Å². The number of rotatable bonds is 4. The molecule has 0 saturated carbocycles. The van der Waals surface area contributed by atoms with Gasteiger partial charge >= 0.3 is 5.69 Å². The standard InChI is InChI=1S/C12H5Cl3N2O5/c13-8-4-7(5-9(14)12(8)15)22-11-2-1-6(16(18)19)3-10(11)17(20)21/h1-5H. The highest BCUT2D eigenvalue weighted by Gasteiger charge is 2.21. The molecule has 2 aromatic rings. The van der Waals surface area contributed by atoms with E-state index in [4.69, 9.17) is 39.5 Å². The summed E-state index contributed by atoms with van der Waals surface area (Å²) in [6, 6.07) is 5.64. The van der Waals surface area contributed by atoms with Crippen molar-refractivity contribution in [2.24, 2.45) is 0 Å². The summed E-state index contributed by atoms with van der Waals surface area (Å²) in [5, 5.41) is 22.0. The van der Waals surface area contributed by atoms with Crippen LogP contribution in [-0.4, -0.2) is 9.85 Å². The van der Waals surface area contributed by atoms with Crippen LogP contribution >= 0.6 is 34.8 Å². The summed E-state index contributed by atoms with van der Waals surface area (Å²) in [7, 11) is 0. The Balaban J connectivity index is 2.45. The van der Waals surface area contributed by atoms with E-state index < -0.39 is 21.2 Å². The Hall–Kier alpha value is -2.09. The molecule has 0 aliphatic rings. The second-order valence-corrected chi connectivity index (χ2v) is 5.16. The molecule has 0 amide bonds. The lowest BCUT2D eigenvalue weighted by atomic mass is 10.2. The van der Waals surface area contributed by atoms with E-state index in [-0.39, 0.29) is 26.6 Å². The second-order valence-electron chi connectivity index (χ2n) is 3.97. The van der Waals surface area contributed by atoms with Crippen molar-refractivity contribution in [2.75, 3.05) is 0 Å². The molecular weight excluding hydrogens is 359 g/mol. The highest BCUT2D eigenvalue weighted by atomic mass is 35.5. The van der Waals surface area contributed by atoms with Crippen LogP contribution in [0.5, 0.6) is 11.5 Å². The van der Waals surface area contributed by atoms with E-state index in [9.17, 15) is 20.2 Å². The summed E-state index contributed by atoms with van der Waals surface area (Å²) in [5.74, 6) is -0.0820. The third kappa shape index (κ3) is 3.38. The highest BCUT2D eigenvalue weighted by molar-refractivity contribution is 6.48. The van der Waals surface area contributed by atoms with E-state index in [0.717, 1.165) is 18.2 Å². The second kappa shape index (κ2) is 6.35. The fraction of sp³-hybridized carbons (Fsp3) is 0. The minimum absolute atomic E-state index is 0.105. The number of halogens is 3. The smallest absolute Gasteiger partial charge is 0.318 e. The molecule has 0 atom stereocenters. The van der Waals surface area contributed by atoms with Crippen molar-refractivity contribution in [3.05, 3.63) is 65.6 Å². The van der Waals surface area contributed by atoms with E-state index in [0.29, 0.717) is 0 Å². The van der Waals surface area contributed by atoms with Gasteiger partial charge in [0.1, 0.15) is 5.75 Å². The third-order valence-electron chi connectivity index (χ3n) is 2.54. The summed E-state index contributed by atoms with van der Waals surface area (Å²) in [6.07, 6.45) is 0. The molecule has 2 aromatic carbocycles. The van der Waals surface area contributed by atoms with Gasteiger partial charge in [-0.05, 0) is 6.07 Å². The average Bonchev–Trinajstić information content (AvgIpc) is 2.44. The van der Waals surface area contributed by atoms with Crippen LogP contribution in [0.4, 0.5) is 11.4 Å². The van der Waals surface area contributed by atoms with Crippen LogP contribution in [0.1, 0.15) is 0 Å². The van der Waals surface area contributed by atoms with Crippen molar-refractivity contribution in [2.45, 2.75) is 0 Å². The molecule has 0 heterocycles. The molecule has 22 heavy (non-hydrogen) atoms. The first-order valence-electron chi connectivity index (χ1n) is 5.55. The molecule has 0 saturated heterocycles. The number of benzene rings is 2. The molecule has 0 aliphatic carbocycles. The van der Waals surface area contributed by atoms with Gasteiger partial charge in [0.15, 0.2) is 0 Å². The Kier molecular flexibility index (Phi) is 4.70. The maximum absolute atomic E-state index is 11.0. The predicted octanol–water partition coefficient (Wildman–Crippen LogP) is 5.26. The van der Waals surface area contributed by atoms with Crippen LogP contribution in [0.3, 0.4) is 0 Å². The Bertz CT molecular complexity index is 758. The van der Waals surface area contributed by atoms with Crippen molar-refractivity contribution in [1.82, 2.24) is 0 Å². The van der Waals surface area contributed by atoms with E-state index in [1.54, 1.807) is 0 Å². The maximum atomic E-state index is 11.0. The number of ether oxygens (including phenoxy) is 1. The maximum Gasteiger partial charge on any atom is 0.318 e. The molecule has 10 heteroatoms. The minimum Gasteiger partial charge on any atom is -0.450 e. The minimum atomic E-state index is -0.790. The molecule has 0 bridgehead atoms. The summed E-state index contributed by atoms with van der Waals surface area (Å²) in [6.45, 7) is 0. The Morgan fingerprint density at radius 1 is 0.909 bits per heavy atom. The third-order valence-corrected chi connectivity index (χ3v) is 3.73. The molecule has 0 fully saturated rings. The fourth-order valence-corrected chi connectivity index (χ4v) is 2.14. The zero-order valence-corrected chi connectivity index (χ0v) is 12.7. The Morgan fingerprint density at radius 2 is 1.50 bits per heavy atom. The predicted molar refractivity (Wildman–Crippen MR) is 81.3 cm³/mol. The topological polar surface area (TPSA) is 95.5 Å². The lowest BCUT2D eigenvalue weighted by Gasteiger charge is -2.08. The van der Waals surface area contributed by atoms with Gasteiger partial charge < -0.3 is 4.74 Å². The SMILES string of the molecule is O=[N+]([O-])c1ccc(Oc2cc(Cl)c(Cl)c(Cl)c2)c([N+](=O)[O-])c1. The summed E-state index contributed by atoms with van der Waals surface area (Å²) in [4.78, 5) is 20.1. The lowest BCUT2D eigenvalue weighted by molar-refractivity contribution is -0.394. The molecule has 0 N–H and O–H groups in total. The molecule has 0 radical (unpaired) electrons. The molecular formula is C12H5Cl3N2O5. The molecule has 0 aromatic heterocycles. The van der Waals surface area contributed by atoms with E-state index in [1.165, 1.54) is 12.1 Å². The van der Waals surface area contributed by atoms with Crippen LogP contribution in [0.25, 0.3) is 0 Å². The first-order chi connectivity index (χ1) is 10.3. The van der Waals surface area contributed by atoms with Gasteiger partial charge in [0, 0.05) is 18.2 Å². The van der Waals surface area contributed by atoms with Crippen molar-refractivity contribution in [3.8, 4) is 11.5 Å².